The molecule has 0 unspecified atom stereocenters. The van der Waals surface area contributed by atoms with Crippen LogP contribution in [0.2, 0.25) is 0 Å². The topological polar surface area (TPSA) is 54.9 Å². The van der Waals surface area contributed by atoms with E-state index in [1.165, 1.54) is 16.7 Å². The fraction of sp³-hybridized carbons (Fsp3) is 0.190. The molecule has 1 aliphatic rings. The molecule has 4 heteroatoms. The highest BCUT2D eigenvalue weighted by Gasteiger charge is 2.18. The summed E-state index contributed by atoms with van der Waals surface area (Å²) in [6.07, 6.45) is 3.40. The Balaban J connectivity index is 1.60. The van der Waals surface area contributed by atoms with Crippen molar-refractivity contribution in [3.63, 3.8) is 0 Å². The summed E-state index contributed by atoms with van der Waals surface area (Å²) in [7, 11) is 0. The van der Waals surface area contributed by atoms with Crippen molar-refractivity contribution in [2.75, 3.05) is 6.54 Å². The Kier molecular flexibility index (Phi) is 4.02. The monoisotopic (exact) mass is 329 g/mol. The second-order valence-electron chi connectivity index (χ2n) is 6.42. The lowest BCUT2D eigenvalue weighted by Crippen LogP contribution is -2.32. The van der Waals surface area contributed by atoms with Crippen molar-refractivity contribution in [1.82, 2.24) is 15.5 Å². The number of amides is 1. The fourth-order valence-corrected chi connectivity index (χ4v) is 3.30. The molecule has 1 aliphatic heterocycles. The normalized spacial score (nSPS) is 13.2. The number of hydrogen-bond acceptors (Lipinski definition) is 3. The highest BCUT2D eigenvalue weighted by Crippen LogP contribution is 2.23. The minimum atomic E-state index is 0.0421. The van der Waals surface area contributed by atoms with E-state index < -0.39 is 0 Å². The molecule has 1 aromatic heterocycles. The predicted octanol–water partition coefficient (Wildman–Crippen LogP) is 3.33. The second-order valence-corrected chi connectivity index (χ2v) is 6.42. The number of carbonyl (C=O) groups is 1. The molecule has 1 N–H and O–H groups in total. The summed E-state index contributed by atoms with van der Waals surface area (Å²) in [6.45, 7) is 2.85. The van der Waals surface area contributed by atoms with Crippen LogP contribution in [0.3, 0.4) is 0 Å². The zero-order chi connectivity index (χ0) is 17.2. The van der Waals surface area contributed by atoms with E-state index in [1.807, 2.05) is 12.1 Å². The summed E-state index contributed by atoms with van der Waals surface area (Å²) in [6, 6.07) is 16.4. The average Bonchev–Trinajstić information content (AvgIpc) is 2.64. The summed E-state index contributed by atoms with van der Waals surface area (Å²) in [4.78, 5) is 12.1. The number of nitrogens with one attached hydrogen (secondary N) is 1. The number of rotatable bonds is 3. The highest BCUT2D eigenvalue weighted by atomic mass is 16.1. The largest absolute Gasteiger partial charge is 0.352 e. The van der Waals surface area contributed by atoms with Gasteiger partial charge in [-0.2, -0.15) is 10.2 Å². The molecule has 4 nitrogen and oxygen atoms in total. The van der Waals surface area contributed by atoms with E-state index in [9.17, 15) is 4.79 Å². The minimum absolute atomic E-state index is 0.0421. The Morgan fingerprint density at radius 3 is 2.72 bits per heavy atom. The Labute approximate surface area is 146 Å². The van der Waals surface area contributed by atoms with Gasteiger partial charge in [-0.1, -0.05) is 30.3 Å². The zero-order valence-corrected chi connectivity index (χ0v) is 14.1. The molecule has 0 atom stereocenters. The molecule has 0 fully saturated rings. The van der Waals surface area contributed by atoms with E-state index >= 15 is 0 Å². The van der Waals surface area contributed by atoms with Crippen LogP contribution in [0, 0.1) is 6.92 Å². The van der Waals surface area contributed by atoms with Crippen LogP contribution in [0.25, 0.3) is 11.3 Å². The van der Waals surface area contributed by atoms with Crippen molar-refractivity contribution in [3.05, 3.63) is 82.5 Å². The number of fused-ring (bicyclic) bond motifs is 1. The molecular formula is C21H19N3O. The van der Waals surface area contributed by atoms with Crippen molar-refractivity contribution in [3.8, 4) is 11.3 Å². The van der Waals surface area contributed by atoms with E-state index in [-0.39, 0.29) is 5.91 Å². The third-order valence-electron chi connectivity index (χ3n) is 4.70. The predicted molar refractivity (Wildman–Crippen MR) is 97.5 cm³/mol. The van der Waals surface area contributed by atoms with Crippen molar-refractivity contribution in [2.24, 2.45) is 0 Å². The van der Waals surface area contributed by atoms with Crippen LogP contribution in [0.1, 0.15) is 32.6 Å². The van der Waals surface area contributed by atoms with Crippen LogP contribution < -0.4 is 5.32 Å². The summed E-state index contributed by atoms with van der Waals surface area (Å²) in [5, 5.41) is 11.0. The van der Waals surface area contributed by atoms with Gasteiger partial charge in [0.1, 0.15) is 0 Å². The first-order valence-electron chi connectivity index (χ1n) is 8.48. The number of nitrogens with zero attached hydrogens (tertiary/aromatic N) is 2. The van der Waals surface area contributed by atoms with Crippen LogP contribution >= 0.6 is 0 Å². The third-order valence-corrected chi connectivity index (χ3v) is 4.70. The standard InChI is InChI=1S/C21H19N3O/c1-14-11-17-8-10-22-21(25)19(17)13-18(14)12-15-4-6-16(7-5-15)20-3-2-9-23-24-20/h2-7,9,11,13H,8,10,12H2,1H3,(H,22,25). The molecule has 2 heterocycles. The molecule has 4 rings (SSSR count). The average molecular weight is 329 g/mol. The summed E-state index contributed by atoms with van der Waals surface area (Å²) < 4.78 is 0. The van der Waals surface area contributed by atoms with Crippen molar-refractivity contribution >= 4 is 5.91 Å². The van der Waals surface area contributed by atoms with Crippen molar-refractivity contribution < 1.29 is 4.79 Å². The molecule has 124 valence electrons. The van der Waals surface area contributed by atoms with Gasteiger partial charge in [0.15, 0.2) is 0 Å². The van der Waals surface area contributed by atoms with Gasteiger partial charge in [-0.05, 0) is 60.2 Å². The zero-order valence-electron chi connectivity index (χ0n) is 14.1. The Hall–Kier alpha value is -3.01. The molecular weight excluding hydrogens is 310 g/mol. The van der Waals surface area contributed by atoms with Gasteiger partial charge in [-0.15, -0.1) is 0 Å². The minimum Gasteiger partial charge on any atom is -0.352 e. The number of carbonyl (C=O) groups excluding carboxylic acids is 1. The number of aromatic nitrogens is 2. The molecule has 0 aliphatic carbocycles. The lowest BCUT2D eigenvalue weighted by molar-refractivity contribution is 0.0946. The van der Waals surface area contributed by atoms with Gasteiger partial charge >= 0.3 is 0 Å². The van der Waals surface area contributed by atoms with Gasteiger partial charge in [0.25, 0.3) is 5.91 Å². The molecule has 3 aromatic rings. The summed E-state index contributed by atoms with van der Waals surface area (Å²) >= 11 is 0. The van der Waals surface area contributed by atoms with Gasteiger partial charge in [0, 0.05) is 23.9 Å². The quantitative estimate of drug-likeness (QED) is 0.802. The van der Waals surface area contributed by atoms with Crippen LogP contribution in [0.15, 0.2) is 54.7 Å². The van der Waals surface area contributed by atoms with Gasteiger partial charge in [0.05, 0.1) is 5.69 Å². The maximum absolute atomic E-state index is 12.1. The van der Waals surface area contributed by atoms with Crippen LogP contribution in [0.5, 0.6) is 0 Å². The maximum atomic E-state index is 12.1. The number of aryl methyl sites for hydroxylation is 1. The number of hydrogen-bond donors (Lipinski definition) is 1. The van der Waals surface area contributed by atoms with E-state index in [0.29, 0.717) is 0 Å². The van der Waals surface area contributed by atoms with E-state index in [0.717, 1.165) is 41.8 Å². The van der Waals surface area contributed by atoms with E-state index in [4.69, 9.17) is 0 Å². The maximum Gasteiger partial charge on any atom is 0.251 e. The van der Waals surface area contributed by atoms with Crippen LogP contribution in [-0.4, -0.2) is 22.6 Å². The molecule has 0 radical (unpaired) electrons. The van der Waals surface area contributed by atoms with Crippen LogP contribution in [0.4, 0.5) is 0 Å². The smallest absolute Gasteiger partial charge is 0.251 e. The molecule has 0 spiro atoms. The Bertz CT molecular complexity index is 918. The Morgan fingerprint density at radius 1 is 1.12 bits per heavy atom. The molecule has 0 saturated carbocycles. The van der Waals surface area contributed by atoms with Gasteiger partial charge in [-0.3, -0.25) is 4.79 Å². The SMILES string of the molecule is Cc1cc2c(cc1Cc1ccc(-c3cccnn3)cc1)C(=O)NCC2. The van der Waals surface area contributed by atoms with Gasteiger partial charge < -0.3 is 5.32 Å². The van der Waals surface area contributed by atoms with Crippen LogP contribution in [-0.2, 0) is 12.8 Å². The number of benzene rings is 2. The first kappa shape index (κ1) is 15.5. The molecule has 2 aromatic carbocycles. The molecule has 25 heavy (non-hydrogen) atoms. The fourth-order valence-electron chi connectivity index (χ4n) is 3.30. The lowest BCUT2D eigenvalue weighted by Gasteiger charge is -2.19. The van der Waals surface area contributed by atoms with Gasteiger partial charge in [-0.25, -0.2) is 0 Å². The summed E-state index contributed by atoms with van der Waals surface area (Å²) in [5.41, 5.74) is 7.56. The van der Waals surface area contributed by atoms with E-state index in [1.54, 1.807) is 6.20 Å². The second kappa shape index (κ2) is 6.48. The van der Waals surface area contributed by atoms with Crippen molar-refractivity contribution in [2.45, 2.75) is 19.8 Å². The lowest BCUT2D eigenvalue weighted by atomic mass is 9.91. The highest BCUT2D eigenvalue weighted by molar-refractivity contribution is 5.97. The third kappa shape index (κ3) is 3.15. The Morgan fingerprint density at radius 2 is 1.96 bits per heavy atom. The first-order valence-corrected chi connectivity index (χ1v) is 8.48. The molecule has 0 saturated heterocycles. The first-order chi connectivity index (χ1) is 12.2. The molecule has 0 bridgehead atoms. The van der Waals surface area contributed by atoms with E-state index in [2.05, 4.69) is 58.8 Å². The molecule has 1 amide bonds. The van der Waals surface area contributed by atoms with Crippen molar-refractivity contribution in [1.29, 1.82) is 0 Å². The summed E-state index contributed by atoms with van der Waals surface area (Å²) in [5.74, 6) is 0.0421. The van der Waals surface area contributed by atoms with Gasteiger partial charge in [0.2, 0.25) is 0 Å².